The summed E-state index contributed by atoms with van der Waals surface area (Å²) in [5, 5.41) is 54.5. The van der Waals surface area contributed by atoms with Crippen LogP contribution in [0.15, 0.2) is 85.1 Å². The number of nitrogens with one attached hydrogen (secondary N) is 1. The molecule has 0 radical (unpaired) electrons. The largest absolute Gasteiger partial charge is 0.394 e. The molecule has 75 heavy (non-hydrogen) atoms. The molecule has 1 saturated heterocycles. The van der Waals surface area contributed by atoms with Gasteiger partial charge in [-0.2, -0.15) is 0 Å². The van der Waals surface area contributed by atoms with Crippen molar-refractivity contribution in [1.82, 2.24) is 5.32 Å². The van der Waals surface area contributed by atoms with E-state index >= 15 is 0 Å². The molecule has 0 aromatic heterocycles. The van der Waals surface area contributed by atoms with Crippen LogP contribution in [0.1, 0.15) is 271 Å². The maximum Gasteiger partial charge on any atom is 0.220 e. The number of carbonyl (C=O) groups is 1. The maximum absolute atomic E-state index is 13.1. The predicted octanol–water partition coefficient (Wildman–Crippen LogP) is 16.2. The Balaban J connectivity index is 2.10. The SMILES string of the molecule is CC/C=C\C/C=C\C/C=C\C/C=C\C/C=C\CCCCCCCCCCCCCCCCCCCCCCCC(=O)NC(COC1OC(CO)C(O)C(O)C1O)C(O)/C=C/CC/C=C/CCCCCCCCCCC. The van der Waals surface area contributed by atoms with Gasteiger partial charge in [-0.15, -0.1) is 0 Å². The van der Waals surface area contributed by atoms with Gasteiger partial charge in [0.15, 0.2) is 6.29 Å². The molecular weight excluding hydrogens is 935 g/mol. The number of amides is 1. The van der Waals surface area contributed by atoms with E-state index in [1.807, 2.05) is 6.08 Å². The van der Waals surface area contributed by atoms with E-state index in [0.29, 0.717) is 6.42 Å². The molecule has 1 aliphatic heterocycles. The first-order valence-corrected chi connectivity index (χ1v) is 31.3. The van der Waals surface area contributed by atoms with Gasteiger partial charge in [0.2, 0.25) is 5.91 Å². The van der Waals surface area contributed by atoms with Crippen LogP contribution in [-0.4, -0.2) is 87.5 Å². The molecule has 434 valence electrons. The maximum atomic E-state index is 13.1. The van der Waals surface area contributed by atoms with Crippen molar-refractivity contribution >= 4 is 5.91 Å². The lowest BCUT2D eigenvalue weighted by atomic mass is 9.99. The summed E-state index contributed by atoms with van der Waals surface area (Å²) in [4.78, 5) is 13.1. The van der Waals surface area contributed by atoms with Gasteiger partial charge in [0.05, 0.1) is 25.4 Å². The number of ether oxygens (including phenoxy) is 2. The third-order valence-corrected chi connectivity index (χ3v) is 14.5. The average molecular weight is 1050 g/mol. The standard InChI is InChI=1S/C66H117NO8/c1-3-5-7-9-11-13-15-17-19-20-21-22-23-24-25-26-27-28-29-30-31-32-33-34-35-36-37-38-39-40-42-44-46-48-50-52-54-56-62(70)67-59(58-74-66-65(73)64(72)63(71)61(57-68)75-66)60(69)55-53-51-49-47-45-43-41-18-16-14-12-10-8-6-4-2/h5,7,11,13,17,19,21-22,24-25,45,47,53,55,59-61,63-66,68-69,71-73H,3-4,6,8-10,12,14-16,18,20,23,26-44,46,48-52,54,56-58H2,1-2H3,(H,67,70)/b7-5-,13-11-,19-17-,22-21-,25-24-,47-45+,55-53+. The number of unbranched alkanes of at least 4 members (excludes halogenated alkanes) is 31. The van der Waals surface area contributed by atoms with Crippen LogP contribution >= 0.6 is 0 Å². The van der Waals surface area contributed by atoms with Gasteiger partial charge in [-0.25, -0.2) is 0 Å². The number of aliphatic hydroxyl groups excluding tert-OH is 5. The Labute approximate surface area is 461 Å². The Morgan fingerprint density at radius 1 is 0.467 bits per heavy atom. The Hall–Kier alpha value is -2.63. The van der Waals surface area contributed by atoms with Gasteiger partial charge in [0.1, 0.15) is 24.4 Å². The van der Waals surface area contributed by atoms with Gasteiger partial charge in [0.25, 0.3) is 0 Å². The van der Waals surface area contributed by atoms with Crippen LogP contribution in [-0.2, 0) is 14.3 Å². The summed E-state index contributed by atoms with van der Waals surface area (Å²) in [5.74, 6) is -0.185. The van der Waals surface area contributed by atoms with Crippen molar-refractivity contribution in [3.8, 4) is 0 Å². The monoisotopic (exact) mass is 1050 g/mol. The molecule has 1 fully saturated rings. The molecule has 7 unspecified atom stereocenters. The molecule has 1 aliphatic rings. The fourth-order valence-electron chi connectivity index (χ4n) is 9.55. The molecule has 1 heterocycles. The van der Waals surface area contributed by atoms with E-state index < -0.39 is 49.5 Å². The molecule has 0 bridgehead atoms. The number of hydrogen-bond acceptors (Lipinski definition) is 8. The van der Waals surface area contributed by atoms with Gasteiger partial charge >= 0.3 is 0 Å². The first kappa shape index (κ1) is 70.4. The highest BCUT2D eigenvalue weighted by atomic mass is 16.7. The zero-order chi connectivity index (χ0) is 54.3. The predicted molar refractivity (Wildman–Crippen MR) is 318 cm³/mol. The van der Waals surface area contributed by atoms with Crippen molar-refractivity contribution in [3.63, 3.8) is 0 Å². The normalized spacial score (nSPS) is 19.5. The van der Waals surface area contributed by atoms with E-state index in [1.165, 1.54) is 180 Å². The summed E-state index contributed by atoms with van der Waals surface area (Å²) < 4.78 is 11.3. The molecule has 0 aromatic rings. The van der Waals surface area contributed by atoms with Gasteiger partial charge in [-0.05, 0) is 77.0 Å². The van der Waals surface area contributed by atoms with E-state index in [0.717, 1.165) is 70.6 Å². The number of aliphatic hydroxyl groups is 5. The molecule has 9 heteroatoms. The lowest BCUT2D eigenvalue weighted by Gasteiger charge is -2.40. The molecule has 0 saturated carbocycles. The first-order valence-electron chi connectivity index (χ1n) is 31.3. The number of carbonyl (C=O) groups excluding carboxylic acids is 1. The third kappa shape index (κ3) is 44.0. The van der Waals surface area contributed by atoms with E-state index in [4.69, 9.17) is 9.47 Å². The van der Waals surface area contributed by atoms with E-state index in [2.05, 4.69) is 92.1 Å². The highest BCUT2D eigenvalue weighted by Crippen LogP contribution is 2.23. The highest BCUT2D eigenvalue weighted by Gasteiger charge is 2.44. The van der Waals surface area contributed by atoms with Crippen molar-refractivity contribution in [2.24, 2.45) is 0 Å². The van der Waals surface area contributed by atoms with Crippen LogP contribution in [0.5, 0.6) is 0 Å². The molecule has 6 N–H and O–H groups in total. The van der Waals surface area contributed by atoms with E-state index in [1.54, 1.807) is 6.08 Å². The van der Waals surface area contributed by atoms with Gasteiger partial charge in [0, 0.05) is 6.42 Å². The molecule has 9 nitrogen and oxygen atoms in total. The van der Waals surface area contributed by atoms with Crippen molar-refractivity contribution < 1.29 is 39.8 Å². The van der Waals surface area contributed by atoms with Crippen molar-refractivity contribution in [1.29, 1.82) is 0 Å². The average Bonchev–Trinajstić information content (AvgIpc) is 3.41. The second kappa shape index (κ2) is 54.7. The summed E-state index contributed by atoms with van der Waals surface area (Å²) in [6.45, 7) is 3.65. The minimum Gasteiger partial charge on any atom is -0.394 e. The van der Waals surface area contributed by atoms with E-state index in [9.17, 15) is 30.3 Å². The van der Waals surface area contributed by atoms with Gasteiger partial charge in [-0.3, -0.25) is 4.79 Å². The first-order chi connectivity index (χ1) is 36.8. The molecular formula is C66H117NO8. The van der Waals surface area contributed by atoms with Crippen LogP contribution in [0.4, 0.5) is 0 Å². The molecule has 0 aliphatic carbocycles. The van der Waals surface area contributed by atoms with Gasteiger partial charge < -0.3 is 40.3 Å². The fraction of sp³-hybridized carbons (Fsp3) is 0.773. The fourth-order valence-corrected chi connectivity index (χ4v) is 9.55. The molecule has 1 amide bonds. The smallest absolute Gasteiger partial charge is 0.220 e. The molecule has 7 atom stereocenters. The van der Waals surface area contributed by atoms with Crippen molar-refractivity contribution in [2.75, 3.05) is 13.2 Å². The van der Waals surface area contributed by atoms with Crippen LogP contribution in [0, 0.1) is 0 Å². The number of rotatable bonds is 53. The highest BCUT2D eigenvalue weighted by molar-refractivity contribution is 5.76. The number of allylic oxidation sites excluding steroid dienone is 13. The van der Waals surface area contributed by atoms with Crippen LogP contribution in [0.25, 0.3) is 0 Å². The Bertz CT molecular complexity index is 1450. The second-order valence-corrected chi connectivity index (χ2v) is 21.5. The Morgan fingerprint density at radius 3 is 1.28 bits per heavy atom. The Kier molecular flexibility index (Phi) is 51.3. The van der Waals surface area contributed by atoms with Crippen molar-refractivity contribution in [2.45, 2.75) is 314 Å². The van der Waals surface area contributed by atoms with Crippen LogP contribution in [0.2, 0.25) is 0 Å². The quantitative estimate of drug-likeness (QED) is 0.0261. The topological polar surface area (TPSA) is 149 Å². The summed E-state index contributed by atoms with van der Waals surface area (Å²) in [6, 6.07) is -0.823. The third-order valence-electron chi connectivity index (χ3n) is 14.5. The Morgan fingerprint density at radius 2 is 0.840 bits per heavy atom. The lowest BCUT2D eigenvalue weighted by molar-refractivity contribution is -0.302. The van der Waals surface area contributed by atoms with E-state index in [-0.39, 0.29) is 12.5 Å². The summed E-state index contributed by atoms with van der Waals surface area (Å²) in [7, 11) is 0. The van der Waals surface area contributed by atoms with Crippen LogP contribution in [0.3, 0.4) is 0 Å². The summed E-state index contributed by atoms with van der Waals surface area (Å²) in [6.07, 6.45) is 71.1. The summed E-state index contributed by atoms with van der Waals surface area (Å²) in [5.41, 5.74) is 0. The second-order valence-electron chi connectivity index (χ2n) is 21.5. The minimum absolute atomic E-state index is 0.185. The molecule has 1 rings (SSSR count). The molecule has 0 spiro atoms. The zero-order valence-electron chi connectivity index (χ0n) is 48.3. The minimum atomic E-state index is -1.57. The lowest BCUT2D eigenvalue weighted by Crippen LogP contribution is -2.60. The zero-order valence-corrected chi connectivity index (χ0v) is 48.3. The molecule has 0 aromatic carbocycles. The van der Waals surface area contributed by atoms with Crippen LogP contribution < -0.4 is 5.32 Å². The van der Waals surface area contributed by atoms with Gasteiger partial charge in [-0.1, -0.05) is 272 Å². The summed E-state index contributed by atoms with van der Waals surface area (Å²) >= 11 is 0. The number of hydrogen-bond donors (Lipinski definition) is 6. The van der Waals surface area contributed by atoms with Crippen molar-refractivity contribution in [3.05, 3.63) is 85.1 Å².